The van der Waals surface area contributed by atoms with Crippen LogP contribution < -0.4 is 37.2 Å². The van der Waals surface area contributed by atoms with Crippen molar-refractivity contribution in [1.29, 1.82) is 0 Å². The number of amides is 7. The Balaban J connectivity index is 2.66. The van der Waals surface area contributed by atoms with E-state index in [1.54, 1.807) is 20.1 Å². The van der Waals surface area contributed by atoms with Gasteiger partial charge in [0, 0.05) is 32.3 Å². The van der Waals surface area contributed by atoms with Crippen molar-refractivity contribution < 1.29 is 77.2 Å². The van der Waals surface area contributed by atoms with E-state index in [-0.39, 0.29) is 12.0 Å². The highest BCUT2D eigenvalue weighted by Gasteiger charge is 2.34. The zero-order chi connectivity index (χ0) is 52.7. The van der Waals surface area contributed by atoms with E-state index >= 15 is 0 Å². The van der Waals surface area contributed by atoms with Crippen molar-refractivity contribution in [3.63, 3.8) is 0 Å². The maximum absolute atomic E-state index is 14.1. The van der Waals surface area contributed by atoms with Crippen LogP contribution in [0.15, 0.2) is 66.4 Å². The van der Waals surface area contributed by atoms with Crippen LogP contribution in [-0.2, 0) is 73.4 Å². The van der Waals surface area contributed by atoms with Gasteiger partial charge in [-0.3, -0.25) is 43.2 Å². The van der Waals surface area contributed by atoms with Gasteiger partial charge in [0.25, 0.3) is 5.91 Å². The quantitative estimate of drug-likeness (QED) is 0.0626. The number of carboxylic acid groups (broad SMARTS) is 2. The molecule has 1 aromatic rings. The molecule has 1 aliphatic rings. The lowest BCUT2D eigenvalue weighted by Gasteiger charge is -2.27. The monoisotopic (exact) mass is 983 g/mol. The molecule has 1 aliphatic heterocycles. The Morgan fingerprint density at radius 1 is 0.743 bits per heavy atom. The van der Waals surface area contributed by atoms with Crippen LogP contribution in [0.4, 0.5) is 0 Å². The zero-order valence-corrected chi connectivity index (χ0v) is 40.3. The highest BCUT2D eigenvalue weighted by molar-refractivity contribution is 6.00. The van der Waals surface area contributed by atoms with Gasteiger partial charge in [-0.25, -0.2) is 9.59 Å². The van der Waals surface area contributed by atoms with Gasteiger partial charge in [-0.1, -0.05) is 74.6 Å². The molecule has 2 rings (SSSR count). The van der Waals surface area contributed by atoms with Crippen LogP contribution in [0.25, 0.3) is 0 Å². The number of carbonyl (C=O) groups is 11. The molecule has 1 aromatic carbocycles. The second-order valence-electron chi connectivity index (χ2n) is 16.6. The van der Waals surface area contributed by atoms with Crippen molar-refractivity contribution >= 4 is 65.2 Å². The molecule has 384 valence electrons. The topological polar surface area (TPSA) is 340 Å². The molecule has 70 heavy (non-hydrogen) atoms. The molecule has 9 atom stereocenters. The predicted octanol–water partition coefficient (Wildman–Crippen LogP) is -0.163. The number of benzene rings is 1. The van der Waals surface area contributed by atoms with Crippen molar-refractivity contribution in [3.8, 4) is 0 Å². The maximum atomic E-state index is 14.1. The number of allylic oxidation sites excluding steroid dienone is 2. The van der Waals surface area contributed by atoms with E-state index in [0.717, 1.165) is 19.8 Å². The molecular formula is C47H65N7O16. The molecule has 0 unspecified atom stereocenters. The van der Waals surface area contributed by atoms with Crippen LogP contribution in [-0.4, -0.2) is 139 Å². The fourth-order valence-corrected chi connectivity index (χ4v) is 6.88. The van der Waals surface area contributed by atoms with Gasteiger partial charge in [0.2, 0.25) is 35.4 Å². The minimum atomic E-state index is -2.00. The summed E-state index contributed by atoms with van der Waals surface area (Å²) < 4.78 is 15.1. The molecule has 1 fully saturated rings. The summed E-state index contributed by atoms with van der Waals surface area (Å²) in [6.07, 6.45) is 1.51. The standard InChI is InChI=1S/C47H65N7O16/c1-25(22-26(2)36(68-6)23-30-12-10-9-11-13-30)14-15-31-27(3)41(59)53-34(46(64)65)16-19-37(55)48-28(4)42(60)49-29(5)43(61)52-33(18-21-40(58)70-8)45(63)54-35(47(66)67)24-38(56)50-32(44(62)51-31)17-20-39(57)69-7/h9-15,22,26-27,29,31-36H,4,16-21,23-24H2,1-3,5-8H3,(H,48,55)(H,49,60)(H,50,56)(H,51,62)(H,52,61)(H,53,59)(H,54,63)(H,64,65)(H,66,67)/t26-,27-,29+,31-,32+,33-,34+,35+,36-/m0/s1. The van der Waals surface area contributed by atoms with Gasteiger partial charge in [0.05, 0.1) is 44.4 Å². The second kappa shape index (κ2) is 29.5. The minimum Gasteiger partial charge on any atom is -0.480 e. The molecule has 0 aliphatic carbocycles. The summed E-state index contributed by atoms with van der Waals surface area (Å²) in [4.78, 5) is 143. The third kappa shape index (κ3) is 20.4. The average molecular weight is 984 g/mol. The number of nitrogens with one attached hydrogen (secondary N) is 7. The first-order valence-electron chi connectivity index (χ1n) is 22.3. The molecule has 0 radical (unpaired) electrons. The van der Waals surface area contributed by atoms with Crippen LogP contribution >= 0.6 is 0 Å². The molecule has 0 bridgehead atoms. The Labute approximate surface area is 405 Å². The van der Waals surface area contributed by atoms with E-state index in [2.05, 4.69) is 48.5 Å². The van der Waals surface area contributed by atoms with Crippen LogP contribution in [0.2, 0.25) is 0 Å². The molecule has 1 saturated heterocycles. The van der Waals surface area contributed by atoms with Gasteiger partial charge in [-0.05, 0) is 45.1 Å². The van der Waals surface area contributed by atoms with Gasteiger partial charge in [-0.15, -0.1) is 0 Å². The molecule has 9 N–H and O–H groups in total. The summed E-state index contributed by atoms with van der Waals surface area (Å²) in [6, 6.07) is 0.0407. The van der Waals surface area contributed by atoms with Gasteiger partial charge < -0.3 is 61.6 Å². The Bertz CT molecular complexity index is 2140. The molecular weight excluding hydrogens is 919 g/mol. The number of carbonyl (C=O) groups excluding carboxylic acids is 9. The van der Waals surface area contributed by atoms with Crippen LogP contribution in [0.5, 0.6) is 0 Å². The average Bonchev–Trinajstić information content (AvgIpc) is 3.31. The van der Waals surface area contributed by atoms with Gasteiger partial charge in [-0.2, -0.15) is 0 Å². The van der Waals surface area contributed by atoms with E-state index in [1.807, 2.05) is 43.3 Å². The molecule has 7 amide bonds. The number of carboxylic acids is 2. The first-order chi connectivity index (χ1) is 33.0. The Morgan fingerprint density at radius 2 is 1.30 bits per heavy atom. The summed E-state index contributed by atoms with van der Waals surface area (Å²) >= 11 is 0. The third-order valence-electron chi connectivity index (χ3n) is 11.1. The SMILES string of the molecule is C=C1NC(=O)CC[C@H](C(=O)O)NC(=O)[C@@H](C)[C@H](C=CC(C)=C[C@H](C)[C@H](Cc2ccccc2)OC)NC(=O)[C@@H](CCC(=O)OC)NC(=O)C[C@H](C(=O)O)NC(=O)[C@H](CCC(=O)OC)NC(=O)[C@@H](C)NC1=O. The van der Waals surface area contributed by atoms with Crippen molar-refractivity contribution in [2.45, 2.75) is 121 Å². The lowest BCUT2D eigenvalue weighted by molar-refractivity contribution is -0.145. The van der Waals surface area contributed by atoms with Crippen molar-refractivity contribution in [3.05, 3.63) is 72.0 Å². The van der Waals surface area contributed by atoms with Crippen molar-refractivity contribution in [2.75, 3.05) is 21.3 Å². The highest BCUT2D eigenvalue weighted by atomic mass is 16.5. The zero-order valence-electron chi connectivity index (χ0n) is 40.3. The molecule has 0 saturated carbocycles. The highest BCUT2D eigenvalue weighted by Crippen LogP contribution is 2.18. The molecule has 1 heterocycles. The Hall–Kier alpha value is -7.43. The van der Waals surface area contributed by atoms with E-state index in [1.165, 1.54) is 19.9 Å². The normalized spacial score (nSPS) is 24.1. The number of hydrogen-bond acceptors (Lipinski definition) is 14. The van der Waals surface area contributed by atoms with Gasteiger partial charge in [0.15, 0.2) is 0 Å². The number of esters is 2. The van der Waals surface area contributed by atoms with Crippen LogP contribution in [0, 0.1) is 11.8 Å². The van der Waals surface area contributed by atoms with E-state index in [9.17, 15) is 63.0 Å². The lowest BCUT2D eigenvalue weighted by atomic mass is 9.94. The summed E-state index contributed by atoms with van der Waals surface area (Å²) in [5, 5.41) is 36.4. The number of ether oxygens (including phenoxy) is 3. The number of methoxy groups -OCH3 is 3. The van der Waals surface area contributed by atoms with E-state index < -0.39 is 158 Å². The van der Waals surface area contributed by atoms with Crippen LogP contribution in [0.3, 0.4) is 0 Å². The number of rotatable bonds is 15. The second-order valence-corrected chi connectivity index (χ2v) is 16.6. The molecule has 23 heteroatoms. The Kier molecular flexibility index (Phi) is 24.7. The predicted molar refractivity (Wildman–Crippen MR) is 248 cm³/mol. The Morgan fingerprint density at radius 3 is 1.86 bits per heavy atom. The number of hydrogen-bond donors (Lipinski definition) is 9. The first-order valence-corrected chi connectivity index (χ1v) is 22.3. The third-order valence-corrected chi connectivity index (χ3v) is 11.1. The van der Waals surface area contributed by atoms with Crippen molar-refractivity contribution in [2.24, 2.45) is 11.8 Å². The fourth-order valence-electron chi connectivity index (χ4n) is 6.88. The summed E-state index contributed by atoms with van der Waals surface area (Å²) in [7, 11) is 3.74. The number of aliphatic carboxylic acids is 2. The minimum absolute atomic E-state index is 0.152. The summed E-state index contributed by atoms with van der Waals surface area (Å²) in [5.74, 6) is -13.4. The first kappa shape index (κ1) is 58.7. The molecule has 0 aromatic heterocycles. The summed E-state index contributed by atoms with van der Waals surface area (Å²) in [6.45, 7) is 9.73. The molecule has 23 nitrogen and oxygen atoms in total. The maximum Gasteiger partial charge on any atom is 0.326 e. The summed E-state index contributed by atoms with van der Waals surface area (Å²) in [5.41, 5.74) is 1.14. The van der Waals surface area contributed by atoms with Crippen molar-refractivity contribution in [1.82, 2.24) is 37.2 Å². The van der Waals surface area contributed by atoms with Gasteiger partial charge in [0.1, 0.15) is 30.2 Å². The molecule has 0 spiro atoms. The van der Waals surface area contributed by atoms with E-state index in [4.69, 9.17) is 9.47 Å². The smallest absolute Gasteiger partial charge is 0.326 e. The fraction of sp³-hybridized carbons (Fsp3) is 0.511. The largest absolute Gasteiger partial charge is 0.480 e. The van der Waals surface area contributed by atoms with Crippen LogP contribution in [0.1, 0.15) is 78.2 Å². The van der Waals surface area contributed by atoms with E-state index in [0.29, 0.717) is 12.0 Å². The lowest BCUT2D eigenvalue weighted by Crippen LogP contribution is -2.56. The van der Waals surface area contributed by atoms with Gasteiger partial charge >= 0.3 is 23.9 Å².